The van der Waals surface area contributed by atoms with Crippen molar-refractivity contribution in [2.24, 2.45) is 5.92 Å². The van der Waals surface area contributed by atoms with Gasteiger partial charge in [-0.3, -0.25) is 0 Å². The van der Waals surface area contributed by atoms with Crippen molar-refractivity contribution in [2.45, 2.75) is 38.3 Å². The largest absolute Gasteiger partial charge is 0.396 e. The van der Waals surface area contributed by atoms with E-state index in [1.165, 1.54) is 0 Å². The van der Waals surface area contributed by atoms with Crippen LogP contribution in [0.5, 0.6) is 0 Å². The number of aliphatic hydroxyl groups is 1. The summed E-state index contributed by atoms with van der Waals surface area (Å²) in [7, 11) is 0. The van der Waals surface area contributed by atoms with Gasteiger partial charge in [0.2, 0.25) is 0 Å². The van der Waals surface area contributed by atoms with Crippen molar-refractivity contribution >= 4 is 6.03 Å². The summed E-state index contributed by atoms with van der Waals surface area (Å²) in [5.41, 5.74) is 2.02. The molecule has 1 aromatic heterocycles. The van der Waals surface area contributed by atoms with Crippen LogP contribution in [0.25, 0.3) is 5.69 Å². The Morgan fingerprint density at radius 3 is 2.75 bits per heavy atom. The molecule has 3 N–H and O–H groups in total. The van der Waals surface area contributed by atoms with Crippen LogP contribution >= 0.6 is 0 Å². The van der Waals surface area contributed by atoms with Gasteiger partial charge in [-0.2, -0.15) is 5.10 Å². The summed E-state index contributed by atoms with van der Waals surface area (Å²) >= 11 is 0. The van der Waals surface area contributed by atoms with Crippen molar-refractivity contribution in [2.75, 3.05) is 6.61 Å². The zero-order valence-electron chi connectivity index (χ0n) is 13.7. The molecule has 1 fully saturated rings. The summed E-state index contributed by atoms with van der Waals surface area (Å²) in [5, 5.41) is 19.5. The molecule has 6 nitrogen and oxygen atoms in total. The number of hydrogen-bond donors (Lipinski definition) is 3. The molecule has 1 saturated carbocycles. The number of urea groups is 1. The summed E-state index contributed by atoms with van der Waals surface area (Å²) in [6, 6.07) is 9.70. The number of amides is 2. The number of carbonyl (C=O) groups excluding carboxylic acids is 1. The van der Waals surface area contributed by atoms with Gasteiger partial charge in [0, 0.05) is 37.5 Å². The number of nitrogens with zero attached hydrogens (tertiary/aromatic N) is 2. The second-order valence-electron chi connectivity index (χ2n) is 6.28. The molecule has 0 spiro atoms. The highest BCUT2D eigenvalue weighted by molar-refractivity contribution is 5.74. The van der Waals surface area contributed by atoms with Crippen molar-refractivity contribution in [3.63, 3.8) is 0 Å². The molecular formula is C18H24N4O2. The molecule has 0 radical (unpaired) electrons. The summed E-state index contributed by atoms with van der Waals surface area (Å²) < 4.78 is 1.79. The van der Waals surface area contributed by atoms with Gasteiger partial charge in [-0.1, -0.05) is 25.0 Å². The van der Waals surface area contributed by atoms with Crippen molar-refractivity contribution in [3.8, 4) is 5.69 Å². The number of benzene rings is 1. The second-order valence-corrected chi connectivity index (χ2v) is 6.28. The van der Waals surface area contributed by atoms with Gasteiger partial charge in [0.1, 0.15) is 0 Å². The molecule has 128 valence electrons. The molecule has 1 heterocycles. The minimum absolute atomic E-state index is 0.0749. The van der Waals surface area contributed by atoms with Gasteiger partial charge in [-0.05, 0) is 36.6 Å². The van der Waals surface area contributed by atoms with E-state index >= 15 is 0 Å². The highest BCUT2D eigenvalue weighted by Crippen LogP contribution is 2.23. The fourth-order valence-corrected chi connectivity index (χ4v) is 3.21. The molecule has 2 aromatic rings. The molecule has 24 heavy (non-hydrogen) atoms. The van der Waals surface area contributed by atoms with E-state index in [4.69, 9.17) is 0 Å². The molecule has 0 aliphatic heterocycles. The lowest BCUT2D eigenvalue weighted by Gasteiger charge is -2.30. The smallest absolute Gasteiger partial charge is 0.315 e. The van der Waals surface area contributed by atoms with E-state index in [9.17, 15) is 9.90 Å². The Hall–Kier alpha value is -2.34. The lowest BCUT2D eigenvalue weighted by Crippen LogP contribution is -2.47. The minimum Gasteiger partial charge on any atom is -0.396 e. The first kappa shape index (κ1) is 16.5. The quantitative estimate of drug-likeness (QED) is 0.787. The Morgan fingerprint density at radius 2 is 2.04 bits per heavy atom. The summed E-state index contributed by atoms with van der Waals surface area (Å²) in [6.07, 6.45) is 7.80. The Bertz CT molecular complexity index is 640. The Morgan fingerprint density at radius 1 is 1.25 bits per heavy atom. The fourth-order valence-electron chi connectivity index (χ4n) is 3.21. The monoisotopic (exact) mass is 328 g/mol. The Balaban J connectivity index is 1.49. The summed E-state index contributed by atoms with van der Waals surface area (Å²) in [5.74, 6) is 0.179. The zero-order valence-corrected chi connectivity index (χ0v) is 13.7. The summed E-state index contributed by atoms with van der Waals surface area (Å²) in [6.45, 7) is 0.613. The average Bonchev–Trinajstić information content (AvgIpc) is 3.15. The zero-order chi connectivity index (χ0) is 16.8. The van der Waals surface area contributed by atoms with E-state index in [0.29, 0.717) is 6.54 Å². The van der Waals surface area contributed by atoms with Gasteiger partial charge >= 0.3 is 6.03 Å². The van der Waals surface area contributed by atoms with E-state index < -0.39 is 0 Å². The van der Waals surface area contributed by atoms with Gasteiger partial charge in [0.25, 0.3) is 0 Å². The fraction of sp³-hybridized carbons (Fsp3) is 0.444. The van der Waals surface area contributed by atoms with E-state index in [2.05, 4.69) is 15.7 Å². The molecule has 1 aromatic carbocycles. The van der Waals surface area contributed by atoms with Crippen molar-refractivity contribution in [3.05, 3.63) is 48.3 Å². The first-order chi connectivity index (χ1) is 11.8. The topological polar surface area (TPSA) is 79.2 Å². The third-order valence-electron chi connectivity index (χ3n) is 4.62. The van der Waals surface area contributed by atoms with Gasteiger partial charge in [0.05, 0.1) is 5.69 Å². The first-order valence-electron chi connectivity index (χ1n) is 8.50. The van der Waals surface area contributed by atoms with E-state index in [1.807, 2.05) is 36.5 Å². The molecule has 1 aliphatic rings. The molecule has 2 amide bonds. The van der Waals surface area contributed by atoms with E-state index in [1.54, 1.807) is 10.9 Å². The van der Waals surface area contributed by atoms with Crippen LogP contribution in [0.4, 0.5) is 4.79 Å². The number of nitrogens with one attached hydrogen (secondary N) is 2. The predicted octanol–water partition coefficient (Wildman–Crippen LogP) is 2.22. The number of carbonyl (C=O) groups is 1. The summed E-state index contributed by atoms with van der Waals surface area (Å²) in [4.78, 5) is 12.1. The van der Waals surface area contributed by atoms with Crippen molar-refractivity contribution in [1.29, 1.82) is 0 Å². The van der Waals surface area contributed by atoms with E-state index in [-0.39, 0.29) is 24.6 Å². The van der Waals surface area contributed by atoms with Crippen LogP contribution in [0.1, 0.15) is 31.2 Å². The normalized spacial score (nSPS) is 20.5. The SMILES string of the molecule is O=C(NCc1ccc(-n2cccn2)cc1)NC1CCCCC1CO. The Kier molecular flexibility index (Phi) is 5.48. The van der Waals surface area contributed by atoms with Gasteiger partial charge in [0.15, 0.2) is 0 Å². The van der Waals surface area contributed by atoms with Crippen LogP contribution in [0, 0.1) is 5.92 Å². The number of aliphatic hydroxyl groups excluding tert-OH is 1. The van der Waals surface area contributed by atoms with Crippen LogP contribution in [0.3, 0.4) is 0 Å². The average molecular weight is 328 g/mol. The van der Waals surface area contributed by atoms with Gasteiger partial charge in [-0.25, -0.2) is 9.48 Å². The van der Waals surface area contributed by atoms with Crippen molar-refractivity contribution in [1.82, 2.24) is 20.4 Å². The molecule has 0 bridgehead atoms. The van der Waals surface area contributed by atoms with Crippen molar-refractivity contribution < 1.29 is 9.90 Å². The molecular weight excluding hydrogens is 304 g/mol. The maximum absolute atomic E-state index is 12.1. The minimum atomic E-state index is -0.170. The second kappa shape index (κ2) is 7.97. The van der Waals surface area contributed by atoms with Crippen LogP contribution in [0.2, 0.25) is 0 Å². The maximum Gasteiger partial charge on any atom is 0.315 e. The predicted molar refractivity (Wildman–Crippen MR) is 91.8 cm³/mol. The molecule has 1 aliphatic carbocycles. The molecule has 3 rings (SSSR count). The van der Waals surface area contributed by atoms with E-state index in [0.717, 1.165) is 36.9 Å². The number of hydrogen-bond acceptors (Lipinski definition) is 3. The van der Waals surface area contributed by atoms with Crippen LogP contribution < -0.4 is 10.6 Å². The lowest BCUT2D eigenvalue weighted by molar-refractivity contribution is 0.153. The molecule has 2 unspecified atom stereocenters. The van der Waals surface area contributed by atoms with Crippen LogP contribution in [-0.4, -0.2) is 33.6 Å². The highest BCUT2D eigenvalue weighted by atomic mass is 16.3. The third-order valence-corrected chi connectivity index (χ3v) is 4.62. The molecule has 2 atom stereocenters. The van der Waals surface area contributed by atoms with Gasteiger partial charge < -0.3 is 15.7 Å². The maximum atomic E-state index is 12.1. The molecule has 0 saturated heterocycles. The number of rotatable bonds is 5. The van der Waals surface area contributed by atoms with Crippen LogP contribution in [0.15, 0.2) is 42.7 Å². The number of aromatic nitrogens is 2. The lowest BCUT2D eigenvalue weighted by atomic mass is 9.85. The standard InChI is InChI=1S/C18H24N4O2/c23-13-15-4-1-2-5-17(15)21-18(24)19-12-14-6-8-16(9-7-14)22-11-3-10-20-22/h3,6-11,15,17,23H,1-2,4-5,12-13H2,(H2,19,21,24). The first-order valence-corrected chi connectivity index (χ1v) is 8.50. The molecule has 6 heteroatoms. The highest BCUT2D eigenvalue weighted by Gasteiger charge is 2.25. The third kappa shape index (κ3) is 4.14. The van der Waals surface area contributed by atoms with Gasteiger partial charge in [-0.15, -0.1) is 0 Å². The van der Waals surface area contributed by atoms with Crippen LogP contribution in [-0.2, 0) is 6.54 Å². The Labute approximate surface area is 141 Å².